The zero-order chi connectivity index (χ0) is 25.9. The third-order valence-corrected chi connectivity index (χ3v) is 7.00. The van der Waals surface area contributed by atoms with Crippen LogP contribution in [-0.4, -0.2) is 41.7 Å². The monoisotopic (exact) mass is 479 g/mol. The van der Waals surface area contributed by atoms with Gasteiger partial charge in [-0.1, -0.05) is 26.0 Å². The Labute approximate surface area is 205 Å². The van der Waals surface area contributed by atoms with Crippen molar-refractivity contribution in [3.05, 3.63) is 58.9 Å². The van der Waals surface area contributed by atoms with Gasteiger partial charge in [0.05, 0.1) is 18.4 Å². The fraction of sp³-hybridized carbons (Fsp3) is 0.444. The van der Waals surface area contributed by atoms with E-state index >= 15 is 0 Å². The molecule has 0 bridgehead atoms. The highest BCUT2D eigenvalue weighted by atomic mass is 16.5. The second-order valence-corrected chi connectivity index (χ2v) is 9.80. The van der Waals surface area contributed by atoms with Crippen LogP contribution in [-0.2, 0) is 25.5 Å². The Morgan fingerprint density at radius 2 is 1.71 bits per heavy atom. The number of ketones is 1. The maximum absolute atomic E-state index is 12.9. The van der Waals surface area contributed by atoms with Crippen LogP contribution >= 0.6 is 0 Å². The Balaban J connectivity index is 1.65. The number of hydrogen-bond donors (Lipinski definition) is 2. The summed E-state index contributed by atoms with van der Waals surface area (Å²) < 4.78 is 4.90. The average molecular weight is 480 g/mol. The van der Waals surface area contributed by atoms with E-state index in [-0.39, 0.29) is 35.9 Å². The maximum Gasteiger partial charge on any atom is 0.328 e. The summed E-state index contributed by atoms with van der Waals surface area (Å²) in [6.07, 6.45) is 0.712. The molecule has 35 heavy (non-hydrogen) atoms. The standard InChI is InChI=1S/C27H33N3O5/c1-15-7-12-20(16(2)28-15)24(32)29-19-10-8-18(9-11-19)13-23(26(34)35-6)30-25(33)22-14-21(17(3)31)27(22,4)5/h7-12,21-23H,13-14H2,1-6H3,(H,29,32)(H,30,33). The Hall–Kier alpha value is -3.55. The number of esters is 1. The van der Waals surface area contributed by atoms with E-state index in [0.717, 1.165) is 11.3 Å². The van der Waals surface area contributed by atoms with Gasteiger partial charge in [0.1, 0.15) is 11.8 Å². The maximum atomic E-state index is 12.9. The fourth-order valence-corrected chi connectivity index (χ4v) is 4.75. The van der Waals surface area contributed by atoms with Crippen molar-refractivity contribution in [3.63, 3.8) is 0 Å². The lowest BCUT2D eigenvalue weighted by Gasteiger charge is -2.50. The highest BCUT2D eigenvalue weighted by molar-refractivity contribution is 6.05. The molecule has 8 heteroatoms. The highest BCUT2D eigenvalue weighted by Crippen LogP contribution is 2.51. The third kappa shape index (κ3) is 5.75. The van der Waals surface area contributed by atoms with E-state index in [1.807, 2.05) is 20.8 Å². The molecular formula is C27H33N3O5. The summed E-state index contributed by atoms with van der Waals surface area (Å²) in [5, 5.41) is 5.66. The van der Waals surface area contributed by atoms with Crippen LogP contribution in [0.2, 0.25) is 0 Å². The number of ether oxygens (including phenoxy) is 1. The number of Topliss-reactive ketones (excluding diaryl/α,β-unsaturated/α-hetero) is 1. The summed E-state index contributed by atoms with van der Waals surface area (Å²) in [5.74, 6) is -1.48. The molecule has 1 aromatic carbocycles. The van der Waals surface area contributed by atoms with Crippen LogP contribution in [0.4, 0.5) is 5.69 Å². The lowest BCUT2D eigenvalue weighted by atomic mass is 9.53. The number of anilines is 1. The molecule has 2 aromatic rings. The van der Waals surface area contributed by atoms with Crippen LogP contribution in [0, 0.1) is 31.1 Å². The lowest BCUT2D eigenvalue weighted by molar-refractivity contribution is -0.153. The van der Waals surface area contributed by atoms with Gasteiger partial charge in [0.15, 0.2) is 0 Å². The van der Waals surface area contributed by atoms with Crippen LogP contribution in [0.3, 0.4) is 0 Å². The van der Waals surface area contributed by atoms with Gasteiger partial charge in [0, 0.05) is 29.6 Å². The summed E-state index contributed by atoms with van der Waals surface area (Å²) in [6, 6.07) is 9.74. The average Bonchev–Trinajstić information content (AvgIpc) is 2.78. The van der Waals surface area contributed by atoms with E-state index in [1.165, 1.54) is 7.11 Å². The number of nitrogens with one attached hydrogen (secondary N) is 2. The SMILES string of the molecule is COC(=O)C(Cc1ccc(NC(=O)c2ccc(C)nc2C)cc1)NC(=O)C1CC(C(C)=O)C1(C)C. The Kier molecular flexibility index (Phi) is 7.73. The van der Waals surface area contributed by atoms with Crippen LogP contribution in [0.5, 0.6) is 0 Å². The van der Waals surface area contributed by atoms with Crippen molar-refractivity contribution < 1.29 is 23.9 Å². The van der Waals surface area contributed by atoms with E-state index in [4.69, 9.17) is 4.74 Å². The number of rotatable bonds is 8. The minimum atomic E-state index is -0.860. The number of amides is 2. The van der Waals surface area contributed by atoms with Crippen molar-refractivity contribution in [1.82, 2.24) is 10.3 Å². The fourth-order valence-electron chi connectivity index (χ4n) is 4.75. The minimum Gasteiger partial charge on any atom is -0.467 e. The number of aryl methyl sites for hydroxylation is 2. The summed E-state index contributed by atoms with van der Waals surface area (Å²) in [5.41, 5.74) is 2.93. The summed E-state index contributed by atoms with van der Waals surface area (Å²) in [7, 11) is 1.28. The van der Waals surface area contributed by atoms with Crippen LogP contribution in [0.25, 0.3) is 0 Å². The van der Waals surface area contributed by atoms with Crippen molar-refractivity contribution in [3.8, 4) is 0 Å². The number of carbonyl (C=O) groups excluding carboxylic acids is 4. The van der Waals surface area contributed by atoms with Gasteiger partial charge < -0.3 is 15.4 Å². The van der Waals surface area contributed by atoms with Gasteiger partial charge in [-0.25, -0.2) is 4.79 Å². The number of carbonyl (C=O) groups is 4. The van der Waals surface area contributed by atoms with E-state index < -0.39 is 17.4 Å². The molecule has 0 radical (unpaired) electrons. The second-order valence-electron chi connectivity index (χ2n) is 9.80. The molecule has 0 aliphatic heterocycles. The minimum absolute atomic E-state index is 0.0737. The van der Waals surface area contributed by atoms with Crippen LogP contribution in [0.15, 0.2) is 36.4 Å². The number of hydrogen-bond acceptors (Lipinski definition) is 6. The van der Waals surface area contributed by atoms with Gasteiger partial charge in [-0.15, -0.1) is 0 Å². The summed E-state index contributed by atoms with van der Waals surface area (Å²) >= 11 is 0. The van der Waals surface area contributed by atoms with Gasteiger partial charge in [-0.2, -0.15) is 0 Å². The van der Waals surface area contributed by atoms with Gasteiger partial charge >= 0.3 is 5.97 Å². The van der Waals surface area contributed by atoms with E-state index in [1.54, 1.807) is 50.2 Å². The van der Waals surface area contributed by atoms with E-state index in [9.17, 15) is 19.2 Å². The molecular weight excluding hydrogens is 446 g/mol. The molecule has 8 nitrogen and oxygen atoms in total. The molecule has 0 spiro atoms. The topological polar surface area (TPSA) is 114 Å². The molecule has 2 amide bonds. The quantitative estimate of drug-likeness (QED) is 0.561. The predicted molar refractivity (Wildman–Crippen MR) is 132 cm³/mol. The normalized spacial score (nSPS) is 19.1. The zero-order valence-corrected chi connectivity index (χ0v) is 21.1. The highest BCUT2D eigenvalue weighted by Gasteiger charge is 2.53. The molecule has 1 aromatic heterocycles. The molecule has 186 valence electrons. The van der Waals surface area contributed by atoms with Gasteiger partial charge in [-0.05, 0) is 62.4 Å². The lowest BCUT2D eigenvalue weighted by Crippen LogP contribution is -2.57. The molecule has 3 atom stereocenters. The molecule has 1 saturated carbocycles. The van der Waals surface area contributed by atoms with Crippen LogP contribution < -0.4 is 10.6 Å². The Bertz CT molecular complexity index is 1140. The molecule has 1 fully saturated rings. The predicted octanol–water partition coefficient (Wildman–Crippen LogP) is 3.40. The van der Waals surface area contributed by atoms with Crippen LogP contribution in [0.1, 0.15) is 54.5 Å². The Morgan fingerprint density at radius 1 is 1.06 bits per heavy atom. The molecule has 1 aliphatic rings. The number of nitrogens with zero attached hydrogens (tertiary/aromatic N) is 1. The number of methoxy groups -OCH3 is 1. The van der Waals surface area contributed by atoms with Gasteiger partial charge in [-0.3, -0.25) is 19.4 Å². The molecule has 3 rings (SSSR count). The zero-order valence-electron chi connectivity index (χ0n) is 21.1. The van der Waals surface area contributed by atoms with Gasteiger partial charge in [0.2, 0.25) is 5.91 Å². The molecule has 2 N–H and O–H groups in total. The van der Waals surface area contributed by atoms with Crippen molar-refractivity contribution >= 4 is 29.3 Å². The Morgan fingerprint density at radius 3 is 2.26 bits per heavy atom. The summed E-state index contributed by atoms with van der Waals surface area (Å²) in [4.78, 5) is 54.0. The first-order valence-electron chi connectivity index (χ1n) is 11.7. The van der Waals surface area contributed by atoms with Crippen molar-refractivity contribution in [2.45, 2.75) is 53.5 Å². The first-order valence-corrected chi connectivity index (χ1v) is 11.7. The molecule has 0 saturated heterocycles. The smallest absolute Gasteiger partial charge is 0.328 e. The largest absolute Gasteiger partial charge is 0.467 e. The molecule has 1 heterocycles. The first-order chi connectivity index (χ1) is 16.4. The summed E-state index contributed by atoms with van der Waals surface area (Å²) in [6.45, 7) is 9.01. The number of pyridine rings is 1. The third-order valence-electron chi connectivity index (χ3n) is 7.00. The van der Waals surface area contributed by atoms with E-state index in [2.05, 4.69) is 15.6 Å². The number of aromatic nitrogens is 1. The van der Waals surface area contributed by atoms with E-state index in [0.29, 0.717) is 23.4 Å². The van der Waals surface area contributed by atoms with Crippen molar-refractivity contribution in [1.29, 1.82) is 0 Å². The molecule has 3 unspecified atom stereocenters. The first kappa shape index (κ1) is 26.1. The van der Waals surface area contributed by atoms with Crippen molar-refractivity contribution in [2.24, 2.45) is 17.3 Å². The van der Waals surface area contributed by atoms with Crippen molar-refractivity contribution in [2.75, 3.05) is 12.4 Å². The molecule has 1 aliphatic carbocycles. The number of benzene rings is 1. The van der Waals surface area contributed by atoms with Gasteiger partial charge in [0.25, 0.3) is 5.91 Å². The second kappa shape index (κ2) is 10.4.